The van der Waals surface area contributed by atoms with Gasteiger partial charge in [0.1, 0.15) is 116 Å². The molecule has 24 atom stereocenters. The van der Waals surface area contributed by atoms with Crippen LogP contribution in [-0.4, -0.2) is 280 Å². The van der Waals surface area contributed by atoms with Crippen LogP contribution in [0.1, 0.15) is 13.8 Å². The van der Waals surface area contributed by atoms with Gasteiger partial charge < -0.3 is 130 Å². The van der Waals surface area contributed by atoms with E-state index in [9.17, 15) is 91.3 Å². The van der Waals surface area contributed by atoms with Crippen LogP contribution in [0.5, 0.6) is 0 Å². The third-order valence-corrected chi connectivity index (χ3v) is 10.8. The fourth-order valence-corrected chi connectivity index (χ4v) is 7.32. The van der Waals surface area contributed by atoms with Gasteiger partial charge in [0.05, 0.1) is 45.7 Å². The van der Waals surface area contributed by atoms with Crippen LogP contribution in [0.3, 0.4) is 0 Å². The number of carbonyl (C=O) groups is 2. The molecule has 0 aliphatic carbocycles. The number of aliphatic hydroxyl groups is 16. The highest BCUT2D eigenvalue weighted by Gasteiger charge is 2.55. The summed E-state index contributed by atoms with van der Waals surface area (Å²) in [5.74, 6) is -1.56. The molecule has 4 aliphatic heterocycles. The van der Waals surface area contributed by atoms with Crippen molar-refractivity contribution in [3.8, 4) is 0 Å². The SMILES string of the molecule is CC(=O)N[C@H]1[C@H](O[C@@H]([C@H](O)[C@H](CO)NC(C)=O)[C@H](O)CO)O[C@H](CO)[C@@H](O[C@@H]2O[C@H](CO[C@H]3O[C@H](CO)[C@@H](O)[C@H](O)[C@@H]3O)[C@@H](O)[C@H](O[C@H]3O[C@H](CO)[C@@H](O)[C@H](O)[C@@H]3O)[C@@H]2O)[C@@H]1O. The first-order valence-corrected chi connectivity index (χ1v) is 19.5. The van der Waals surface area contributed by atoms with Crippen molar-refractivity contribution in [1.82, 2.24) is 10.6 Å². The molecule has 0 aromatic carbocycles. The minimum Gasteiger partial charge on any atom is -0.394 e. The van der Waals surface area contributed by atoms with E-state index in [4.69, 9.17) is 37.9 Å². The predicted molar refractivity (Wildman–Crippen MR) is 192 cm³/mol. The summed E-state index contributed by atoms with van der Waals surface area (Å²) in [7, 11) is 0. The summed E-state index contributed by atoms with van der Waals surface area (Å²) in [4.78, 5) is 24.1. The highest BCUT2D eigenvalue weighted by Crippen LogP contribution is 2.34. The monoisotopic (exact) mass is 912 g/mol. The summed E-state index contributed by atoms with van der Waals surface area (Å²) in [5.41, 5.74) is 0. The Kier molecular flexibility index (Phi) is 19.9. The van der Waals surface area contributed by atoms with Crippen molar-refractivity contribution in [1.29, 1.82) is 0 Å². The molecule has 28 heteroatoms. The van der Waals surface area contributed by atoms with Crippen molar-refractivity contribution in [3.63, 3.8) is 0 Å². The number of hydrogen-bond donors (Lipinski definition) is 18. The maximum absolute atomic E-state index is 12.4. The van der Waals surface area contributed by atoms with E-state index in [2.05, 4.69) is 10.6 Å². The van der Waals surface area contributed by atoms with E-state index in [0.29, 0.717) is 0 Å². The lowest BCUT2D eigenvalue weighted by Gasteiger charge is -2.49. The quantitative estimate of drug-likeness (QED) is 0.0572. The molecule has 2 amide bonds. The highest BCUT2D eigenvalue weighted by molar-refractivity contribution is 5.73. The minimum absolute atomic E-state index is 0.718. The molecule has 362 valence electrons. The number of ether oxygens (including phenoxy) is 8. The number of rotatable bonds is 19. The van der Waals surface area contributed by atoms with Crippen LogP contribution in [-0.2, 0) is 47.5 Å². The van der Waals surface area contributed by atoms with Crippen LogP contribution in [0, 0.1) is 0 Å². The van der Waals surface area contributed by atoms with Gasteiger partial charge in [0.15, 0.2) is 25.2 Å². The number of nitrogens with one attached hydrogen (secondary N) is 2. The number of amides is 2. The van der Waals surface area contributed by atoms with Gasteiger partial charge in [-0.1, -0.05) is 0 Å². The molecular formula is C34H60N2O26. The summed E-state index contributed by atoms with van der Waals surface area (Å²) in [5, 5.41) is 172. The molecule has 0 unspecified atom stereocenters. The molecule has 4 rings (SSSR count). The molecule has 0 aromatic rings. The Morgan fingerprint density at radius 3 is 1.56 bits per heavy atom. The summed E-state index contributed by atoms with van der Waals surface area (Å²) < 4.78 is 45.2. The van der Waals surface area contributed by atoms with Crippen LogP contribution >= 0.6 is 0 Å². The Bertz CT molecular complexity index is 1390. The first-order valence-electron chi connectivity index (χ1n) is 19.5. The zero-order valence-corrected chi connectivity index (χ0v) is 33.3. The van der Waals surface area contributed by atoms with Crippen molar-refractivity contribution in [3.05, 3.63) is 0 Å². The van der Waals surface area contributed by atoms with Gasteiger partial charge in [-0.2, -0.15) is 0 Å². The predicted octanol–water partition coefficient (Wildman–Crippen LogP) is -12.0. The van der Waals surface area contributed by atoms with Gasteiger partial charge in [0.25, 0.3) is 0 Å². The molecule has 0 radical (unpaired) electrons. The molecular weight excluding hydrogens is 852 g/mol. The van der Waals surface area contributed by atoms with Gasteiger partial charge in [0, 0.05) is 13.8 Å². The highest BCUT2D eigenvalue weighted by atomic mass is 16.8. The Labute approximate surface area is 352 Å². The third kappa shape index (κ3) is 12.1. The molecule has 0 spiro atoms. The molecule has 62 heavy (non-hydrogen) atoms. The number of hydrogen-bond acceptors (Lipinski definition) is 26. The zero-order chi connectivity index (χ0) is 46.3. The average molecular weight is 913 g/mol. The Hall–Kier alpha value is -2.02. The van der Waals surface area contributed by atoms with E-state index < -0.39 is 199 Å². The van der Waals surface area contributed by atoms with Crippen LogP contribution < -0.4 is 10.6 Å². The van der Waals surface area contributed by atoms with E-state index in [0.717, 1.165) is 13.8 Å². The molecule has 28 nitrogen and oxygen atoms in total. The van der Waals surface area contributed by atoms with E-state index in [1.165, 1.54) is 0 Å². The summed E-state index contributed by atoms with van der Waals surface area (Å²) >= 11 is 0. The molecule has 0 bridgehead atoms. The fraction of sp³-hybridized carbons (Fsp3) is 0.941. The second-order valence-electron chi connectivity index (χ2n) is 15.2. The van der Waals surface area contributed by atoms with E-state index in [1.54, 1.807) is 0 Å². The molecule has 0 saturated carbocycles. The standard InChI is InChI=1S/C34H60N2O26/c1-9(42)35-11(3-37)18(45)28(12(44)4-38)60-31-17(36-10(2)43)22(49)29(15(7-41)58-31)61-34-27(54)30(62-33-26(53)24(51)20(47)14(6-40)57-33)21(48)16(59-34)8-55-32-25(52)23(50)19(46)13(5-39)56-32/h11-34,37-41,44-54H,3-8H2,1-2H3,(H,35,42)(H,36,43)/t11-,12+,13+,14+,15+,16+,17+,18+,19+,20+,21+,22+,23-,24-,25-,26-,27-,28+,29+,30-,31-,32-,33+,34-/m0/s1. The normalized spacial score (nSPS) is 43.6. The maximum Gasteiger partial charge on any atom is 0.217 e. The first kappa shape index (κ1) is 52.6. The third-order valence-electron chi connectivity index (χ3n) is 10.8. The second kappa shape index (κ2) is 23.4. The number of carbonyl (C=O) groups excluding carboxylic acids is 2. The van der Waals surface area contributed by atoms with Crippen molar-refractivity contribution in [2.24, 2.45) is 0 Å². The summed E-state index contributed by atoms with van der Waals surface area (Å²) in [6.07, 6.45) is -41.8. The molecule has 4 fully saturated rings. The van der Waals surface area contributed by atoms with Crippen LogP contribution in [0.2, 0.25) is 0 Å². The number of aliphatic hydroxyl groups excluding tert-OH is 16. The Morgan fingerprint density at radius 1 is 0.548 bits per heavy atom. The van der Waals surface area contributed by atoms with Crippen molar-refractivity contribution in [2.75, 3.05) is 39.6 Å². The van der Waals surface area contributed by atoms with E-state index in [-0.39, 0.29) is 0 Å². The van der Waals surface area contributed by atoms with Crippen molar-refractivity contribution < 1.29 is 129 Å². The Balaban J connectivity index is 1.65. The summed E-state index contributed by atoms with van der Waals surface area (Å²) in [6.45, 7) is -3.54. The van der Waals surface area contributed by atoms with Crippen molar-refractivity contribution in [2.45, 2.75) is 161 Å². The lowest BCUT2D eigenvalue weighted by atomic mass is 9.94. The maximum atomic E-state index is 12.4. The fourth-order valence-electron chi connectivity index (χ4n) is 7.32. The first-order chi connectivity index (χ1) is 29.2. The van der Waals surface area contributed by atoms with E-state index >= 15 is 0 Å². The van der Waals surface area contributed by atoms with Gasteiger partial charge in [-0.25, -0.2) is 0 Å². The molecule has 4 heterocycles. The topological polar surface area (TPSA) is 456 Å². The van der Waals surface area contributed by atoms with Gasteiger partial charge >= 0.3 is 0 Å². The average Bonchev–Trinajstić information content (AvgIpc) is 3.24. The largest absolute Gasteiger partial charge is 0.394 e. The molecule has 0 aromatic heterocycles. The van der Waals surface area contributed by atoms with Crippen LogP contribution in [0.4, 0.5) is 0 Å². The second-order valence-corrected chi connectivity index (χ2v) is 15.2. The smallest absolute Gasteiger partial charge is 0.217 e. The van der Waals surface area contributed by atoms with Gasteiger partial charge in [-0.05, 0) is 0 Å². The van der Waals surface area contributed by atoms with Crippen LogP contribution in [0.15, 0.2) is 0 Å². The molecule has 4 aliphatic rings. The van der Waals surface area contributed by atoms with Crippen molar-refractivity contribution >= 4 is 11.8 Å². The summed E-state index contributed by atoms with van der Waals surface area (Å²) in [6, 6.07) is -3.25. The minimum atomic E-state index is -2.20. The lowest BCUT2D eigenvalue weighted by Crippen LogP contribution is -2.69. The molecule has 18 N–H and O–H groups in total. The lowest BCUT2D eigenvalue weighted by molar-refractivity contribution is -0.382. The van der Waals surface area contributed by atoms with Gasteiger partial charge in [-0.3, -0.25) is 9.59 Å². The van der Waals surface area contributed by atoms with Gasteiger partial charge in [0.2, 0.25) is 11.8 Å². The van der Waals surface area contributed by atoms with Gasteiger partial charge in [-0.15, -0.1) is 0 Å². The van der Waals surface area contributed by atoms with E-state index in [1.807, 2.05) is 0 Å². The Morgan fingerprint density at radius 2 is 1.05 bits per heavy atom. The van der Waals surface area contributed by atoms with Crippen LogP contribution in [0.25, 0.3) is 0 Å². The zero-order valence-electron chi connectivity index (χ0n) is 33.3. The molecule has 4 saturated heterocycles.